The van der Waals surface area contributed by atoms with Gasteiger partial charge in [-0.2, -0.15) is 0 Å². The van der Waals surface area contributed by atoms with Crippen LogP contribution in [0.1, 0.15) is 50.6 Å². The second-order valence-electron chi connectivity index (χ2n) is 5.30. The maximum Gasteiger partial charge on any atom is 0.0314 e. The molecule has 2 rings (SSSR count). The lowest BCUT2D eigenvalue weighted by Gasteiger charge is -2.24. The highest BCUT2D eigenvalue weighted by Crippen LogP contribution is 2.24. The zero-order valence-electron chi connectivity index (χ0n) is 10.8. The van der Waals surface area contributed by atoms with Gasteiger partial charge in [-0.1, -0.05) is 31.4 Å². The number of anilines is 1. The van der Waals surface area contributed by atoms with Gasteiger partial charge < -0.3 is 11.1 Å². The Labute approximate surface area is 105 Å². The summed E-state index contributed by atoms with van der Waals surface area (Å²) in [6.07, 6.45) is 7.08. The van der Waals surface area contributed by atoms with Crippen molar-refractivity contribution in [1.82, 2.24) is 5.32 Å². The molecule has 2 heteroatoms. The highest BCUT2D eigenvalue weighted by Gasteiger charge is 2.14. The molecular weight excluding hydrogens is 208 g/mol. The van der Waals surface area contributed by atoms with E-state index in [1.54, 1.807) is 0 Å². The van der Waals surface area contributed by atoms with Gasteiger partial charge in [0.15, 0.2) is 0 Å². The minimum Gasteiger partial charge on any atom is -0.399 e. The summed E-state index contributed by atoms with van der Waals surface area (Å²) in [5, 5.41) is 3.65. The van der Waals surface area contributed by atoms with Crippen LogP contribution in [0.25, 0.3) is 0 Å². The number of nitrogen functional groups attached to an aromatic ring is 1. The van der Waals surface area contributed by atoms with Gasteiger partial charge in [-0.15, -0.1) is 0 Å². The third kappa shape index (κ3) is 3.74. The van der Waals surface area contributed by atoms with E-state index in [2.05, 4.69) is 24.4 Å². The van der Waals surface area contributed by atoms with Crippen LogP contribution in [0, 0.1) is 5.92 Å². The first-order valence-electron chi connectivity index (χ1n) is 6.84. The summed E-state index contributed by atoms with van der Waals surface area (Å²) < 4.78 is 0. The van der Waals surface area contributed by atoms with Crippen LogP contribution in [0.5, 0.6) is 0 Å². The van der Waals surface area contributed by atoms with Crippen molar-refractivity contribution >= 4 is 5.69 Å². The smallest absolute Gasteiger partial charge is 0.0314 e. The molecule has 17 heavy (non-hydrogen) atoms. The average molecular weight is 232 g/mol. The molecule has 1 aliphatic carbocycles. The Morgan fingerprint density at radius 2 is 1.82 bits per heavy atom. The van der Waals surface area contributed by atoms with Crippen molar-refractivity contribution in [2.45, 2.75) is 45.1 Å². The Hall–Kier alpha value is -1.02. The van der Waals surface area contributed by atoms with Crippen LogP contribution in [0.15, 0.2) is 24.3 Å². The first-order valence-corrected chi connectivity index (χ1v) is 6.84. The number of rotatable bonds is 4. The first kappa shape index (κ1) is 12.4. The molecule has 0 aromatic heterocycles. The van der Waals surface area contributed by atoms with Crippen LogP contribution < -0.4 is 11.1 Å². The molecule has 1 aromatic rings. The van der Waals surface area contributed by atoms with E-state index in [4.69, 9.17) is 5.73 Å². The molecule has 1 aromatic carbocycles. The Balaban J connectivity index is 1.80. The summed E-state index contributed by atoms with van der Waals surface area (Å²) in [6, 6.07) is 8.63. The SMILES string of the molecule is CC(NCC1CCCCC1)c1ccc(N)cc1. The molecule has 0 aliphatic heterocycles. The molecule has 0 spiro atoms. The van der Waals surface area contributed by atoms with Crippen LogP contribution in [0.2, 0.25) is 0 Å². The predicted octanol–water partition coefficient (Wildman–Crippen LogP) is 3.50. The van der Waals surface area contributed by atoms with Crippen LogP contribution in [0.4, 0.5) is 5.69 Å². The predicted molar refractivity (Wildman–Crippen MR) is 73.8 cm³/mol. The fourth-order valence-electron chi connectivity index (χ4n) is 2.64. The maximum atomic E-state index is 5.70. The van der Waals surface area contributed by atoms with Crippen LogP contribution in [-0.4, -0.2) is 6.54 Å². The number of benzene rings is 1. The first-order chi connectivity index (χ1) is 8.25. The van der Waals surface area contributed by atoms with Gasteiger partial charge >= 0.3 is 0 Å². The van der Waals surface area contributed by atoms with Crippen LogP contribution in [0.3, 0.4) is 0 Å². The normalized spacial score (nSPS) is 19.1. The monoisotopic (exact) mass is 232 g/mol. The summed E-state index contributed by atoms with van der Waals surface area (Å²) >= 11 is 0. The van der Waals surface area contributed by atoms with Gasteiger partial charge in [0.25, 0.3) is 0 Å². The fraction of sp³-hybridized carbons (Fsp3) is 0.600. The molecule has 0 radical (unpaired) electrons. The molecule has 1 atom stereocenters. The van der Waals surface area contributed by atoms with Crippen molar-refractivity contribution in [3.63, 3.8) is 0 Å². The molecule has 1 saturated carbocycles. The van der Waals surface area contributed by atoms with E-state index < -0.39 is 0 Å². The number of nitrogens with two attached hydrogens (primary N) is 1. The van der Waals surface area contributed by atoms with Gasteiger partial charge in [-0.25, -0.2) is 0 Å². The van der Waals surface area contributed by atoms with Gasteiger partial charge in [-0.05, 0) is 49.9 Å². The lowest BCUT2D eigenvalue weighted by Crippen LogP contribution is -2.27. The van der Waals surface area contributed by atoms with Gasteiger partial charge in [0, 0.05) is 11.7 Å². The zero-order chi connectivity index (χ0) is 12.1. The minimum absolute atomic E-state index is 0.428. The summed E-state index contributed by atoms with van der Waals surface area (Å²) in [5.41, 5.74) is 7.87. The highest BCUT2D eigenvalue weighted by molar-refractivity contribution is 5.39. The molecular formula is C15H24N2. The standard InChI is InChI=1S/C15H24N2/c1-12(14-7-9-15(16)10-8-14)17-11-13-5-3-2-4-6-13/h7-10,12-13,17H,2-6,11,16H2,1H3. The maximum absolute atomic E-state index is 5.70. The van der Waals surface area contributed by atoms with Crippen LogP contribution in [-0.2, 0) is 0 Å². The Kier molecular flexibility index (Phi) is 4.43. The van der Waals surface area contributed by atoms with Gasteiger partial charge in [0.1, 0.15) is 0 Å². The summed E-state index contributed by atoms with van der Waals surface area (Å²) in [5.74, 6) is 0.889. The molecule has 1 aliphatic rings. The van der Waals surface area contributed by atoms with E-state index in [0.717, 1.165) is 18.2 Å². The molecule has 1 fully saturated rings. The molecule has 94 valence electrons. The van der Waals surface area contributed by atoms with E-state index in [1.165, 1.54) is 37.7 Å². The van der Waals surface area contributed by atoms with Crippen molar-refractivity contribution in [3.8, 4) is 0 Å². The van der Waals surface area contributed by atoms with Gasteiger partial charge in [-0.3, -0.25) is 0 Å². The molecule has 2 nitrogen and oxygen atoms in total. The lowest BCUT2D eigenvalue weighted by molar-refractivity contribution is 0.331. The summed E-state index contributed by atoms with van der Waals surface area (Å²) in [7, 11) is 0. The summed E-state index contributed by atoms with van der Waals surface area (Å²) in [4.78, 5) is 0. The van der Waals surface area contributed by atoms with Gasteiger partial charge in [0.2, 0.25) is 0 Å². The zero-order valence-corrected chi connectivity index (χ0v) is 10.8. The molecule has 3 N–H and O–H groups in total. The molecule has 0 amide bonds. The topological polar surface area (TPSA) is 38.0 Å². The van der Waals surface area contributed by atoms with Crippen LogP contribution >= 0.6 is 0 Å². The highest BCUT2D eigenvalue weighted by atomic mass is 14.9. The number of nitrogens with one attached hydrogen (secondary N) is 1. The average Bonchev–Trinajstić information content (AvgIpc) is 2.38. The fourth-order valence-corrected chi connectivity index (χ4v) is 2.64. The van der Waals surface area contributed by atoms with Crippen molar-refractivity contribution in [2.75, 3.05) is 12.3 Å². The number of hydrogen-bond acceptors (Lipinski definition) is 2. The molecule has 1 unspecified atom stereocenters. The Bertz CT molecular complexity index is 325. The largest absolute Gasteiger partial charge is 0.399 e. The molecule has 0 heterocycles. The third-order valence-corrected chi connectivity index (χ3v) is 3.87. The van der Waals surface area contributed by atoms with E-state index in [9.17, 15) is 0 Å². The quantitative estimate of drug-likeness (QED) is 0.780. The van der Waals surface area contributed by atoms with Crippen molar-refractivity contribution in [3.05, 3.63) is 29.8 Å². The lowest BCUT2D eigenvalue weighted by atomic mass is 9.89. The second-order valence-corrected chi connectivity index (χ2v) is 5.30. The molecule has 0 saturated heterocycles. The van der Waals surface area contributed by atoms with E-state index in [0.29, 0.717) is 6.04 Å². The third-order valence-electron chi connectivity index (χ3n) is 3.87. The number of hydrogen-bond donors (Lipinski definition) is 2. The second kappa shape index (κ2) is 6.06. The van der Waals surface area contributed by atoms with Crippen molar-refractivity contribution in [1.29, 1.82) is 0 Å². The summed E-state index contributed by atoms with van der Waals surface area (Å²) in [6.45, 7) is 3.39. The van der Waals surface area contributed by atoms with Crippen molar-refractivity contribution < 1.29 is 0 Å². The van der Waals surface area contributed by atoms with E-state index >= 15 is 0 Å². The van der Waals surface area contributed by atoms with E-state index in [-0.39, 0.29) is 0 Å². The van der Waals surface area contributed by atoms with Crippen molar-refractivity contribution in [2.24, 2.45) is 5.92 Å². The molecule has 0 bridgehead atoms. The van der Waals surface area contributed by atoms with Gasteiger partial charge in [0.05, 0.1) is 0 Å². The van der Waals surface area contributed by atoms with E-state index in [1.807, 2.05) is 12.1 Å². The Morgan fingerprint density at radius 3 is 2.47 bits per heavy atom. The Morgan fingerprint density at radius 1 is 1.18 bits per heavy atom. The minimum atomic E-state index is 0.428.